The number of hydrogen-bond acceptors (Lipinski definition) is 4. The molecule has 7 heteroatoms. The number of benzene rings is 2. The van der Waals surface area contributed by atoms with Crippen molar-refractivity contribution in [2.75, 3.05) is 18.4 Å². The highest BCUT2D eigenvalue weighted by Gasteiger charge is 2.33. The molecule has 6 nitrogen and oxygen atoms in total. The molecule has 1 heterocycles. The summed E-state index contributed by atoms with van der Waals surface area (Å²) in [4.78, 5) is 27.2. The minimum absolute atomic E-state index is 0.0438. The van der Waals surface area contributed by atoms with Gasteiger partial charge in [-0.2, -0.15) is 0 Å². The molecule has 154 valence electrons. The Balaban J connectivity index is 1.61. The number of carbonyl (C=O) groups excluding carboxylic acids is 2. The van der Waals surface area contributed by atoms with Gasteiger partial charge in [0.15, 0.2) is 0 Å². The first-order chi connectivity index (χ1) is 14.0. The van der Waals surface area contributed by atoms with Gasteiger partial charge in [0.1, 0.15) is 6.04 Å². The van der Waals surface area contributed by atoms with E-state index >= 15 is 0 Å². The Labute approximate surface area is 180 Å². The molecule has 3 N–H and O–H groups in total. The Morgan fingerprint density at radius 1 is 1.14 bits per heavy atom. The maximum Gasteiger partial charge on any atom is 0.244 e. The first-order valence-electron chi connectivity index (χ1n) is 9.88. The summed E-state index contributed by atoms with van der Waals surface area (Å²) in [5, 5.41) is 2.91. The molecule has 1 aliphatic heterocycles. The van der Waals surface area contributed by atoms with Crippen molar-refractivity contribution in [1.82, 2.24) is 15.8 Å². The Bertz CT molecular complexity index is 856. The maximum absolute atomic E-state index is 13.1. The molecule has 0 spiro atoms. The summed E-state index contributed by atoms with van der Waals surface area (Å²) in [5.74, 6) is -0.240. The van der Waals surface area contributed by atoms with Crippen molar-refractivity contribution in [3.05, 3.63) is 64.1 Å². The zero-order valence-corrected chi connectivity index (χ0v) is 18.3. The molecular weight excluding hydrogens is 432 g/mol. The third-order valence-electron chi connectivity index (χ3n) is 5.03. The summed E-state index contributed by atoms with van der Waals surface area (Å²) in [7, 11) is 0. The third kappa shape index (κ3) is 5.65. The molecular formula is C22H27BrN4O2. The zero-order chi connectivity index (χ0) is 20.8. The lowest BCUT2D eigenvalue weighted by Gasteiger charge is -2.24. The van der Waals surface area contributed by atoms with Crippen molar-refractivity contribution >= 4 is 33.4 Å². The molecule has 0 aromatic heterocycles. The fourth-order valence-electron chi connectivity index (χ4n) is 3.47. The second-order valence-electron chi connectivity index (χ2n) is 7.30. The third-order valence-corrected chi connectivity index (χ3v) is 5.56. The van der Waals surface area contributed by atoms with E-state index < -0.39 is 0 Å². The van der Waals surface area contributed by atoms with Crippen LogP contribution in [0.4, 0.5) is 5.69 Å². The fourth-order valence-corrected chi connectivity index (χ4v) is 3.73. The molecule has 1 aliphatic rings. The summed E-state index contributed by atoms with van der Waals surface area (Å²) in [6, 6.07) is 15.4. The lowest BCUT2D eigenvalue weighted by molar-refractivity contribution is -0.136. The molecule has 2 aromatic carbocycles. The predicted octanol–water partition coefficient (Wildman–Crippen LogP) is 3.54. The second kappa shape index (κ2) is 10.0. The Morgan fingerprint density at radius 2 is 1.86 bits per heavy atom. The van der Waals surface area contributed by atoms with Crippen LogP contribution in [0.25, 0.3) is 0 Å². The van der Waals surface area contributed by atoms with Crippen molar-refractivity contribution in [3.8, 4) is 0 Å². The van der Waals surface area contributed by atoms with Gasteiger partial charge in [-0.15, -0.1) is 0 Å². The number of amides is 2. The minimum atomic E-state index is -0.360. The van der Waals surface area contributed by atoms with Crippen molar-refractivity contribution in [3.63, 3.8) is 0 Å². The van der Waals surface area contributed by atoms with E-state index in [1.807, 2.05) is 62.4 Å². The average molecular weight is 459 g/mol. The predicted molar refractivity (Wildman–Crippen MR) is 118 cm³/mol. The van der Waals surface area contributed by atoms with Gasteiger partial charge in [0.2, 0.25) is 11.8 Å². The van der Waals surface area contributed by atoms with Crippen LogP contribution in [0.15, 0.2) is 53.0 Å². The van der Waals surface area contributed by atoms with Gasteiger partial charge in [0.05, 0.1) is 6.54 Å². The highest BCUT2D eigenvalue weighted by molar-refractivity contribution is 9.10. The smallest absolute Gasteiger partial charge is 0.244 e. The largest absolute Gasteiger partial charge is 0.332 e. The average Bonchev–Trinajstić information content (AvgIpc) is 3.19. The molecule has 29 heavy (non-hydrogen) atoms. The van der Waals surface area contributed by atoms with Gasteiger partial charge in [-0.3, -0.25) is 9.59 Å². The van der Waals surface area contributed by atoms with Crippen LogP contribution >= 0.6 is 15.9 Å². The lowest BCUT2D eigenvalue weighted by atomic mass is 10.0. The molecule has 2 unspecified atom stereocenters. The molecule has 2 aromatic rings. The van der Waals surface area contributed by atoms with Gasteiger partial charge < -0.3 is 10.2 Å². The Morgan fingerprint density at radius 3 is 2.55 bits per heavy atom. The van der Waals surface area contributed by atoms with Crippen LogP contribution in [0.2, 0.25) is 0 Å². The molecule has 0 bridgehead atoms. The monoisotopic (exact) mass is 458 g/mol. The molecule has 3 rings (SSSR count). The summed E-state index contributed by atoms with van der Waals surface area (Å²) in [5.41, 5.74) is 9.20. The maximum atomic E-state index is 13.1. The van der Waals surface area contributed by atoms with Crippen LogP contribution in [0.3, 0.4) is 0 Å². The Hall–Kier alpha value is -2.22. The van der Waals surface area contributed by atoms with Gasteiger partial charge in [-0.25, -0.2) is 10.9 Å². The second-order valence-corrected chi connectivity index (χ2v) is 8.22. The molecule has 1 saturated heterocycles. The van der Waals surface area contributed by atoms with Gasteiger partial charge in [0.25, 0.3) is 0 Å². The molecule has 0 radical (unpaired) electrons. The number of hydrogen-bond donors (Lipinski definition) is 3. The van der Waals surface area contributed by atoms with E-state index in [1.54, 1.807) is 4.90 Å². The molecule has 2 amide bonds. The van der Waals surface area contributed by atoms with Crippen molar-refractivity contribution in [1.29, 1.82) is 0 Å². The van der Waals surface area contributed by atoms with Crippen LogP contribution in [-0.4, -0.2) is 35.8 Å². The molecule has 0 aliphatic carbocycles. The zero-order valence-electron chi connectivity index (χ0n) is 16.7. The van der Waals surface area contributed by atoms with Gasteiger partial charge >= 0.3 is 0 Å². The number of hydrazine groups is 1. The molecule has 0 saturated carbocycles. The van der Waals surface area contributed by atoms with E-state index in [0.29, 0.717) is 13.0 Å². The summed E-state index contributed by atoms with van der Waals surface area (Å²) in [6.45, 7) is 4.54. The van der Waals surface area contributed by atoms with E-state index in [0.717, 1.165) is 27.7 Å². The van der Waals surface area contributed by atoms with E-state index in [-0.39, 0.29) is 30.4 Å². The number of nitrogens with one attached hydrogen (secondary N) is 3. The molecule has 1 fully saturated rings. The number of anilines is 1. The normalized spacial score (nSPS) is 18.4. The first-order valence-corrected chi connectivity index (χ1v) is 10.7. The number of para-hydroxylation sites is 1. The van der Waals surface area contributed by atoms with Gasteiger partial charge in [-0.05, 0) is 49.1 Å². The van der Waals surface area contributed by atoms with Gasteiger partial charge in [0, 0.05) is 22.7 Å². The van der Waals surface area contributed by atoms with Crippen molar-refractivity contribution in [2.45, 2.75) is 38.8 Å². The minimum Gasteiger partial charge on any atom is -0.332 e. The van der Waals surface area contributed by atoms with E-state index in [4.69, 9.17) is 0 Å². The quantitative estimate of drug-likeness (QED) is 0.592. The van der Waals surface area contributed by atoms with Crippen LogP contribution in [0.1, 0.15) is 36.9 Å². The number of carbonyl (C=O) groups is 2. The van der Waals surface area contributed by atoms with Crippen molar-refractivity contribution in [2.24, 2.45) is 0 Å². The standard InChI is InChI=1S/C22H27BrN4O2/c1-3-12-27(14-21(28)24-18-7-5-4-6-15(18)2)22(29)20-13-19(25-26-20)16-8-10-17(23)11-9-16/h4-11,19-20,25-26H,3,12-14H2,1-2H3,(H,24,28). The topological polar surface area (TPSA) is 73.5 Å². The summed E-state index contributed by atoms with van der Waals surface area (Å²) >= 11 is 3.44. The molecule has 2 atom stereocenters. The van der Waals surface area contributed by atoms with Crippen LogP contribution in [-0.2, 0) is 9.59 Å². The number of aryl methyl sites for hydroxylation is 1. The van der Waals surface area contributed by atoms with Crippen LogP contribution in [0.5, 0.6) is 0 Å². The van der Waals surface area contributed by atoms with Gasteiger partial charge in [-0.1, -0.05) is 53.2 Å². The van der Waals surface area contributed by atoms with E-state index in [9.17, 15) is 9.59 Å². The van der Waals surface area contributed by atoms with E-state index in [1.165, 1.54) is 0 Å². The van der Waals surface area contributed by atoms with Crippen LogP contribution < -0.4 is 16.2 Å². The van der Waals surface area contributed by atoms with E-state index in [2.05, 4.69) is 32.1 Å². The first kappa shape index (κ1) is 21.5. The summed E-state index contributed by atoms with van der Waals surface area (Å²) in [6.07, 6.45) is 1.43. The highest BCUT2D eigenvalue weighted by Crippen LogP contribution is 2.24. The number of rotatable bonds is 7. The fraction of sp³-hybridized carbons (Fsp3) is 0.364. The highest BCUT2D eigenvalue weighted by atomic mass is 79.9. The SMILES string of the molecule is CCCN(CC(=O)Nc1ccccc1C)C(=O)C1CC(c2ccc(Br)cc2)NN1. The summed E-state index contributed by atoms with van der Waals surface area (Å²) < 4.78 is 1.02. The number of halogens is 1. The van der Waals surface area contributed by atoms with Crippen LogP contribution in [0, 0.1) is 6.92 Å². The Kier molecular flexibility index (Phi) is 7.41. The van der Waals surface area contributed by atoms with Crippen molar-refractivity contribution < 1.29 is 9.59 Å². The number of nitrogens with zero attached hydrogens (tertiary/aromatic N) is 1. The lowest BCUT2D eigenvalue weighted by Crippen LogP contribution is -2.48.